The van der Waals surface area contributed by atoms with Gasteiger partial charge < -0.3 is 5.73 Å². The Bertz CT molecular complexity index is 640. The quantitative estimate of drug-likeness (QED) is 0.810. The molecule has 0 bridgehead atoms. The number of carbonyl (C=O) groups is 1. The molecule has 5 nitrogen and oxygen atoms in total. The monoisotopic (exact) mass is 272 g/mol. The first-order chi connectivity index (χ1) is 9.20. The molecule has 0 spiro atoms. The van der Waals surface area contributed by atoms with E-state index in [9.17, 15) is 4.79 Å². The number of aromatic nitrogens is 2. The summed E-state index contributed by atoms with van der Waals surface area (Å²) in [4.78, 5) is 12.1. The summed E-state index contributed by atoms with van der Waals surface area (Å²) in [5, 5.41) is 10.6. The highest BCUT2D eigenvalue weighted by atomic mass is 32.1. The van der Waals surface area contributed by atoms with Crippen LogP contribution in [0.25, 0.3) is 0 Å². The maximum atomic E-state index is 12.1. The predicted octanol–water partition coefficient (Wildman–Crippen LogP) is 1.41. The molecule has 2 rings (SSSR count). The molecule has 96 valence electrons. The van der Waals surface area contributed by atoms with Crippen LogP contribution in [-0.4, -0.2) is 22.6 Å². The van der Waals surface area contributed by atoms with Gasteiger partial charge in [0.2, 0.25) is 5.13 Å². The van der Waals surface area contributed by atoms with E-state index in [-0.39, 0.29) is 5.91 Å². The van der Waals surface area contributed by atoms with Crippen molar-refractivity contribution >= 4 is 22.4 Å². The summed E-state index contributed by atoms with van der Waals surface area (Å²) in [5.74, 6) is 5.45. The number of nitrogens with two attached hydrogens (primary N) is 1. The maximum absolute atomic E-state index is 12.1. The van der Waals surface area contributed by atoms with Gasteiger partial charge in [-0.25, -0.2) is 0 Å². The fraction of sp³-hybridized carbons (Fsp3) is 0.154. The molecule has 19 heavy (non-hydrogen) atoms. The lowest BCUT2D eigenvalue weighted by Crippen LogP contribution is -2.13. The average molecular weight is 272 g/mol. The second-order valence-corrected chi connectivity index (χ2v) is 4.57. The number of aryl methyl sites for hydroxylation is 1. The summed E-state index contributed by atoms with van der Waals surface area (Å²) in [6.45, 7) is 2.16. The van der Waals surface area contributed by atoms with Gasteiger partial charge in [-0.05, 0) is 24.6 Å². The van der Waals surface area contributed by atoms with E-state index < -0.39 is 0 Å². The zero-order chi connectivity index (χ0) is 13.7. The summed E-state index contributed by atoms with van der Waals surface area (Å²) in [5.41, 5.74) is 9.10. The number of benzene rings is 1. The molecule has 1 aromatic heterocycles. The highest BCUT2D eigenvalue weighted by Gasteiger charge is 2.11. The maximum Gasteiger partial charge on any atom is 0.257 e. The Balaban J connectivity index is 2.25. The van der Waals surface area contributed by atoms with Crippen molar-refractivity contribution in [3.63, 3.8) is 0 Å². The van der Waals surface area contributed by atoms with Crippen LogP contribution in [0.2, 0.25) is 0 Å². The molecule has 0 unspecified atom stereocenters. The second-order valence-electron chi connectivity index (χ2n) is 3.73. The molecule has 6 heteroatoms. The van der Waals surface area contributed by atoms with Crippen LogP contribution in [-0.2, 0) is 0 Å². The van der Waals surface area contributed by atoms with E-state index in [0.29, 0.717) is 17.2 Å². The number of hydrogen-bond acceptors (Lipinski definition) is 5. The topological polar surface area (TPSA) is 80.9 Å². The summed E-state index contributed by atoms with van der Waals surface area (Å²) < 4.78 is 0. The lowest BCUT2D eigenvalue weighted by Gasteiger charge is -2.05. The van der Waals surface area contributed by atoms with Gasteiger partial charge in [-0.2, -0.15) is 0 Å². The van der Waals surface area contributed by atoms with Crippen LogP contribution in [0.4, 0.5) is 5.13 Å². The van der Waals surface area contributed by atoms with Crippen molar-refractivity contribution < 1.29 is 4.79 Å². The number of nitrogens with zero attached hydrogens (tertiary/aromatic N) is 2. The molecule has 0 fully saturated rings. The number of anilines is 1. The smallest absolute Gasteiger partial charge is 0.257 e. The molecular weight excluding hydrogens is 260 g/mol. The highest BCUT2D eigenvalue weighted by Crippen LogP contribution is 2.14. The minimum absolute atomic E-state index is 0.217. The second kappa shape index (κ2) is 6.09. The molecular formula is C13H12N4OS. The van der Waals surface area contributed by atoms with Crippen LogP contribution in [0.3, 0.4) is 0 Å². The van der Waals surface area contributed by atoms with Gasteiger partial charge in [0, 0.05) is 11.1 Å². The molecule has 0 aliphatic carbocycles. The van der Waals surface area contributed by atoms with Gasteiger partial charge in [-0.15, -0.1) is 10.2 Å². The van der Waals surface area contributed by atoms with Gasteiger partial charge in [0.1, 0.15) is 5.51 Å². The molecule has 0 saturated carbocycles. The molecule has 0 saturated heterocycles. The fourth-order valence-electron chi connectivity index (χ4n) is 1.49. The molecule has 0 aliphatic rings. The Hall–Kier alpha value is -2.23. The first-order valence-electron chi connectivity index (χ1n) is 5.58. The third-order valence-corrected chi connectivity index (χ3v) is 3.00. The molecule has 0 atom stereocenters. The molecule has 1 amide bonds. The van der Waals surface area contributed by atoms with Crippen molar-refractivity contribution in [1.29, 1.82) is 0 Å². The molecule has 3 N–H and O–H groups in total. The van der Waals surface area contributed by atoms with Crippen LogP contribution in [0.5, 0.6) is 0 Å². The van der Waals surface area contributed by atoms with Crippen LogP contribution in [0, 0.1) is 18.8 Å². The first-order valence-corrected chi connectivity index (χ1v) is 6.46. The standard InChI is InChI=1S/C13H12N4OS/c1-9-4-5-10(3-2-6-14)7-11(9)12(18)16-13-17-15-8-19-13/h4-5,7-8H,6,14H2,1H3,(H,16,17,18). The van der Waals surface area contributed by atoms with E-state index in [4.69, 9.17) is 5.73 Å². The molecule has 0 aliphatic heterocycles. The van der Waals surface area contributed by atoms with Gasteiger partial charge in [-0.3, -0.25) is 10.1 Å². The lowest BCUT2D eigenvalue weighted by molar-refractivity contribution is 0.102. The third kappa shape index (κ3) is 3.37. The van der Waals surface area contributed by atoms with E-state index >= 15 is 0 Å². The molecule has 1 aromatic carbocycles. The first kappa shape index (κ1) is 13.2. The van der Waals surface area contributed by atoms with Gasteiger partial charge in [-0.1, -0.05) is 29.2 Å². The number of amides is 1. The van der Waals surface area contributed by atoms with Gasteiger partial charge in [0.05, 0.1) is 6.54 Å². The summed E-state index contributed by atoms with van der Waals surface area (Å²) in [7, 11) is 0. The zero-order valence-electron chi connectivity index (χ0n) is 10.3. The Labute approximate surface area is 114 Å². The van der Waals surface area contributed by atoms with E-state index in [2.05, 4.69) is 27.4 Å². The summed E-state index contributed by atoms with van der Waals surface area (Å²) in [6, 6.07) is 5.46. The van der Waals surface area contributed by atoms with Crippen LogP contribution < -0.4 is 11.1 Å². The summed E-state index contributed by atoms with van der Waals surface area (Å²) in [6.07, 6.45) is 0. The average Bonchev–Trinajstić information content (AvgIpc) is 2.90. The molecule has 2 aromatic rings. The van der Waals surface area contributed by atoms with E-state index in [1.807, 2.05) is 19.1 Å². The number of nitrogens with one attached hydrogen (secondary N) is 1. The predicted molar refractivity (Wildman–Crippen MR) is 75.0 cm³/mol. The van der Waals surface area contributed by atoms with Crippen molar-refractivity contribution in [3.8, 4) is 11.8 Å². The van der Waals surface area contributed by atoms with Crippen molar-refractivity contribution in [1.82, 2.24) is 10.2 Å². The fourth-order valence-corrected chi connectivity index (χ4v) is 1.93. The van der Waals surface area contributed by atoms with Crippen LogP contribution in [0.15, 0.2) is 23.7 Å². The minimum atomic E-state index is -0.217. The number of carbonyl (C=O) groups excluding carboxylic acids is 1. The third-order valence-electron chi connectivity index (χ3n) is 2.40. The van der Waals surface area contributed by atoms with Crippen LogP contribution in [0.1, 0.15) is 21.5 Å². The van der Waals surface area contributed by atoms with Gasteiger partial charge in [0.15, 0.2) is 0 Å². The minimum Gasteiger partial charge on any atom is -0.320 e. The van der Waals surface area contributed by atoms with Crippen LogP contribution >= 0.6 is 11.3 Å². The summed E-state index contributed by atoms with van der Waals surface area (Å²) >= 11 is 1.27. The van der Waals surface area contributed by atoms with Crippen molar-refractivity contribution in [2.24, 2.45) is 5.73 Å². The number of hydrogen-bond donors (Lipinski definition) is 2. The van der Waals surface area contributed by atoms with E-state index in [0.717, 1.165) is 11.1 Å². The normalized spacial score (nSPS) is 9.58. The Morgan fingerprint density at radius 3 is 3.05 bits per heavy atom. The zero-order valence-corrected chi connectivity index (χ0v) is 11.1. The SMILES string of the molecule is Cc1ccc(C#CCN)cc1C(=O)Nc1nncs1. The van der Waals surface area contributed by atoms with E-state index in [1.54, 1.807) is 11.6 Å². The highest BCUT2D eigenvalue weighted by molar-refractivity contribution is 7.13. The Morgan fingerprint density at radius 1 is 1.53 bits per heavy atom. The number of rotatable bonds is 2. The van der Waals surface area contributed by atoms with Crippen molar-refractivity contribution in [2.45, 2.75) is 6.92 Å². The molecule has 1 heterocycles. The van der Waals surface area contributed by atoms with Crippen molar-refractivity contribution in [2.75, 3.05) is 11.9 Å². The largest absolute Gasteiger partial charge is 0.320 e. The Kier molecular flexibility index (Phi) is 4.23. The molecule has 0 radical (unpaired) electrons. The Morgan fingerprint density at radius 2 is 2.37 bits per heavy atom. The van der Waals surface area contributed by atoms with Gasteiger partial charge >= 0.3 is 0 Å². The van der Waals surface area contributed by atoms with Gasteiger partial charge in [0.25, 0.3) is 5.91 Å². The van der Waals surface area contributed by atoms with Crippen molar-refractivity contribution in [3.05, 3.63) is 40.4 Å². The lowest BCUT2D eigenvalue weighted by atomic mass is 10.0. The van der Waals surface area contributed by atoms with E-state index in [1.165, 1.54) is 11.3 Å².